The van der Waals surface area contributed by atoms with Gasteiger partial charge in [-0.05, 0) is 36.3 Å². The highest BCUT2D eigenvalue weighted by molar-refractivity contribution is 8.26. The van der Waals surface area contributed by atoms with Gasteiger partial charge in [-0.25, -0.2) is 4.79 Å². The van der Waals surface area contributed by atoms with Gasteiger partial charge in [0.1, 0.15) is 22.7 Å². The molecule has 2 aromatic rings. The lowest BCUT2D eigenvalue weighted by molar-refractivity contribution is -0.144. The van der Waals surface area contributed by atoms with Crippen molar-refractivity contribution in [1.82, 2.24) is 4.90 Å². The summed E-state index contributed by atoms with van der Waals surface area (Å²) in [5.74, 6) is -0.804. The molecule has 1 aliphatic rings. The molecule has 0 aliphatic carbocycles. The Bertz CT molecular complexity index is 911. The third kappa shape index (κ3) is 4.56. The van der Waals surface area contributed by atoms with Crippen molar-refractivity contribution in [3.05, 3.63) is 70.6 Å². The average molecular weight is 399 g/mol. The van der Waals surface area contributed by atoms with Crippen molar-refractivity contribution in [3.63, 3.8) is 0 Å². The lowest BCUT2D eigenvalue weighted by Gasteiger charge is -2.18. The normalized spacial score (nSPS) is 16.6. The van der Waals surface area contributed by atoms with Gasteiger partial charge in [0.2, 0.25) is 0 Å². The van der Waals surface area contributed by atoms with Gasteiger partial charge in [0.05, 0.1) is 4.91 Å². The Labute approximate surface area is 166 Å². The van der Waals surface area contributed by atoms with E-state index in [0.717, 1.165) is 27.8 Å². The summed E-state index contributed by atoms with van der Waals surface area (Å²) in [6.07, 6.45) is 1.70. The summed E-state index contributed by atoms with van der Waals surface area (Å²) in [4.78, 5) is 25.2. The smallest absolute Gasteiger partial charge is 0.326 e. The van der Waals surface area contributed by atoms with Gasteiger partial charge in [-0.15, -0.1) is 0 Å². The number of hydrogen-bond donors (Lipinski definition) is 1. The predicted octanol–water partition coefficient (Wildman–Crippen LogP) is 3.94. The summed E-state index contributed by atoms with van der Waals surface area (Å²) in [7, 11) is 0. The number of amides is 1. The molecule has 0 radical (unpaired) electrons. The van der Waals surface area contributed by atoms with Crippen LogP contribution in [0.1, 0.15) is 18.1 Å². The van der Waals surface area contributed by atoms with Crippen LogP contribution in [0.3, 0.4) is 0 Å². The second-order valence-corrected chi connectivity index (χ2v) is 7.59. The first-order valence-electron chi connectivity index (χ1n) is 8.22. The first-order chi connectivity index (χ1) is 13.0. The Morgan fingerprint density at radius 2 is 2.00 bits per heavy atom. The van der Waals surface area contributed by atoms with E-state index in [4.69, 9.17) is 22.1 Å². The predicted molar refractivity (Wildman–Crippen MR) is 109 cm³/mol. The van der Waals surface area contributed by atoms with Gasteiger partial charge in [-0.1, -0.05) is 66.4 Å². The molecule has 0 saturated carbocycles. The fourth-order valence-electron chi connectivity index (χ4n) is 2.51. The molecule has 27 heavy (non-hydrogen) atoms. The van der Waals surface area contributed by atoms with E-state index in [0.29, 0.717) is 17.3 Å². The fourth-order valence-corrected chi connectivity index (χ4v) is 3.93. The molecule has 1 heterocycles. The highest BCUT2D eigenvalue weighted by Gasteiger charge is 2.38. The molecule has 1 aliphatic heterocycles. The van der Waals surface area contributed by atoms with E-state index in [9.17, 15) is 9.59 Å². The molecule has 1 fully saturated rings. The SMILES string of the molecule is CC(C(=O)O)N1C(=O)C(=Cc2cccc(OCc3ccccc3)c2)SC1=S. The van der Waals surface area contributed by atoms with Crippen molar-refractivity contribution in [1.29, 1.82) is 0 Å². The van der Waals surface area contributed by atoms with Gasteiger partial charge >= 0.3 is 5.97 Å². The minimum atomic E-state index is -1.09. The highest BCUT2D eigenvalue weighted by Crippen LogP contribution is 2.34. The van der Waals surface area contributed by atoms with Crippen molar-refractivity contribution in [3.8, 4) is 5.75 Å². The van der Waals surface area contributed by atoms with E-state index < -0.39 is 17.9 Å². The van der Waals surface area contributed by atoms with Crippen molar-refractivity contribution in [2.24, 2.45) is 0 Å². The maximum atomic E-state index is 12.5. The minimum absolute atomic E-state index is 0.248. The zero-order valence-electron chi connectivity index (χ0n) is 14.5. The first kappa shape index (κ1) is 19.1. The number of carbonyl (C=O) groups excluding carboxylic acids is 1. The van der Waals surface area contributed by atoms with Crippen molar-refractivity contribution in [2.75, 3.05) is 0 Å². The summed E-state index contributed by atoms with van der Waals surface area (Å²) >= 11 is 6.27. The minimum Gasteiger partial charge on any atom is -0.489 e. The number of carboxylic acid groups (broad SMARTS) is 1. The molecular weight excluding hydrogens is 382 g/mol. The summed E-state index contributed by atoms with van der Waals surface area (Å²) in [6.45, 7) is 1.89. The highest BCUT2D eigenvalue weighted by atomic mass is 32.2. The summed E-state index contributed by atoms with van der Waals surface area (Å²) in [6, 6.07) is 16.2. The first-order valence-corrected chi connectivity index (χ1v) is 9.45. The van der Waals surface area contributed by atoms with E-state index in [1.54, 1.807) is 6.08 Å². The molecule has 0 spiro atoms. The Kier molecular flexibility index (Phi) is 5.93. The van der Waals surface area contributed by atoms with Crippen LogP contribution in [-0.4, -0.2) is 32.2 Å². The van der Waals surface area contributed by atoms with Crippen LogP contribution in [0.15, 0.2) is 59.5 Å². The third-order valence-corrected chi connectivity index (χ3v) is 5.30. The van der Waals surface area contributed by atoms with E-state index in [1.807, 2.05) is 54.6 Å². The van der Waals surface area contributed by atoms with Gasteiger partial charge in [0.15, 0.2) is 0 Å². The van der Waals surface area contributed by atoms with Crippen LogP contribution in [0.2, 0.25) is 0 Å². The number of carbonyl (C=O) groups is 2. The van der Waals surface area contributed by atoms with Gasteiger partial charge in [0, 0.05) is 0 Å². The fraction of sp³-hybridized carbons (Fsp3) is 0.150. The molecule has 138 valence electrons. The van der Waals surface area contributed by atoms with E-state index in [2.05, 4.69) is 0 Å². The lowest BCUT2D eigenvalue weighted by atomic mass is 10.2. The van der Waals surface area contributed by atoms with Crippen LogP contribution in [0.5, 0.6) is 5.75 Å². The lowest BCUT2D eigenvalue weighted by Crippen LogP contribution is -2.41. The van der Waals surface area contributed by atoms with Crippen molar-refractivity contribution in [2.45, 2.75) is 19.6 Å². The second kappa shape index (κ2) is 8.37. The van der Waals surface area contributed by atoms with Gasteiger partial charge in [-0.3, -0.25) is 9.69 Å². The number of thioether (sulfide) groups is 1. The molecule has 1 atom stereocenters. The summed E-state index contributed by atoms with van der Waals surface area (Å²) in [5.41, 5.74) is 1.84. The third-order valence-electron chi connectivity index (χ3n) is 3.97. The number of ether oxygens (including phenoxy) is 1. The number of aliphatic carboxylic acids is 1. The van der Waals surface area contributed by atoms with Gasteiger partial charge in [-0.2, -0.15) is 0 Å². The van der Waals surface area contributed by atoms with E-state index >= 15 is 0 Å². The van der Waals surface area contributed by atoms with E-state index in [-0.39, 0.29) is 4.32 Å². The molecule has 1 saturated heterocycles. The van der Waals surface area contributed by atoms with Gasteiger partial charge < -0.3 is 9.84 Å². The Morgan fingerprint density at radius 3 is 2.70 bits per heavy atom. The number of carboxylic acids is 1. The van der Waals surface area contributed by atoms with Crippen LogP contribution in [0.4, 0.5) is 0 Å². The topological polar surface area (TPSA) is 66.8 Å². The van der Waals surface area contributed by atoms with Crippen molar-refractivity contribution < 1.29 is 19.4 Å². The number of thiocarbonyl (C=S) groups is 1. The van der Waals surface area contributed by atoms with Gasteiger partial charge in [0.25, 0.3) is 5.91 Å². The van der Waals surface area contributed by atoms with E-state index in [1.165, 1.54) is 6.92 Å². The van der Waals surface area contributed by atoms with Crippen LogP contribution >= 0.6 is 24.0 Å². The quantitative estimate of drug-likeness (QED) is 0.586. The number of nitrogens with zero attached hydrogens (tertiary/aromatic N) is 1. The van der Waals surface area contributed by atoms with Crippen LogP contribution in [-0.2, 0) is 16.2 Å². The molecule has 0 bridgehead atoms. The van der Waals surface area contributed by atoms with Crippen LogP contribution in [0, 0.1) is 0 Å². The molecule has 1 amide bonds. The molecule has 7 heteroatoms. The molecule has 5 nitrogen and oxygen atoms in total. The Balaban J connectivity index is 1.74. The van der Waals surface area contributed by atoms with Crippen molar-refractivity contribution >= 4 is 46.3 Å². The number of rotatable bonds is 6. The molecule has 1 N–H and O–H groups in total. The molecular formula is C20H17NO4S2. The maximum Gasteiger partial charge on any atom is 0.326 e. The monoisotopic (exact) mass is 399 g/mol. The molecule has 3 rings (SSSR count). The largest absolute Gasteiger partial charge is 0.489 e. The average Bonchev–Trinajstić information content (AvgIpc) is 2.94. The molecule has 1 unspecified atom stereocenters. The Morgan fingerprint density at radius 1 is 1.26 bits per heavy atom. The maximum absolute atomic E-state index is 12.5. The summed E-state index contributed by atoms with van der Waals surface area (Å²) in [5, 5.41) is 9.14. The Hall–Kier alpha value is -2.64. The second-order valence-electron chi connectivity index (χ2n) is 5.91. The molecule has 0 aromatic heterocycles. The molecule has 2 aromatic carbocycles. The zero-order valence-corrected chi connectivity index (χ0v) is 16.1. The number of benzene rings is 2. The summed E-state index contributed by atoms with van der Waals surface area (Å²) < 4.78 is 6.05. The van der Waals surface area contributed by atoms with Crippen LogP contribution in [0.25, 0.3) is 6.08 Å². The number of hydrogen-bond acceptors (Lipinski definition) is 5. The van der Waals surface area contributed by atoms with Crippen LogP contribution < -0.4 is 4.74 Å². The zero-order chi connectivity index (χ0) is 19.4. The standard InChI is InChI=1S/C20H17NO4S2/c1-13(19(23)24)21-18(22)17(27-20(21)26)11-15-8-5-9-16(10-15)25-12-14-6-3-2-4-7-14/h2-11,13H,12H2,1H3,(H,23,24).